The van der Waals surface area contributed by atoms with Crippen molar-refractivity contribution in [3.63, 3.8) is 0 Å². The van der Waals surface area contributed by atoms with Gasteiger partial charge in [-0.05, 0) is 18.6 Å². The molecule has 3 N–H and O–H groups in total. The quantitative estimate of drug-likeness (QED) is 0.590. The second-order valence-electron chi connectivity index (χ2n) is 3.48. The number of benzene rings is 1. The number of fused-ring (bicyclic) bond motifs is 1. The Hall–Kier alpha value is -2.37. The normalized spacial score (nSPS) is 10.6. The van der Waals surface area contributed by atoms with Crippen LogP contribution in [0.1, 0.15) is 15.9 Å². The highest BCUT2D eigenvalue weighted by molar-refractivity contribution is 6.08. The van der Waals surface area contributed by atoms with Crippen molar-refractivity contribution < 1.29 is 9.72 Å². The zero-order chi connectivity index (χ0) is 11.9. The van der Waals surface area contributed by atoms with E-state index in [-0.39, 0.29) is 11.3 Å². The van der Waals surface area contributed by atoms with Gasteiger partial charge in [-0.15, -0.1) is 0 Å². The lowest BCUT2D eigenvalue weighted by Crippen LogP contribution is -2.11. The van der Waals surface area contributed by atoms with Crippen molar-refractivity contribution in [1.29, 1.82) is 0 Å². The first-order valence-corrected chi connectivity index (χ1v) is 4.57. The molecule has 16 heavy (non-hydrogen) atoms. The Balaban J connectivity index is 2.88. The van der Waals surface area contributed by atoms with Crippen molar-refractivity contribution >= 4 is 22.5 Å². The smallest absolute Gasteiger partial charge is 0.294 e. The molecule has 0 saturated heterocycles. The van der Waals surface area contributed by atoms with Crippen LogP contribution >= 0.6 is 0 Å². The number of rotatable bonds is 2. The summed E-state index contributed by atoms with van der Waals surface area (Å²) in [5.74, 6) is -0.609. The van der Waals surface area contributed by atoms with Crippen LogP contribution < -0.4 is 5.73 Å². The van der Waals surface area contributed by atoms with Crippen molar-refractivity contribution in [2.75, 3.05) is 0 Å². The second kappa shape index (κ2) is 3.34. The molecule has 0 atom stereocenters. The van der Waals surface area contributed by atoms with Gasteiger partial charge in [0, 0.05) is 0 Å². The molecule has 1 aromatic heterocycles. The molecule has 0 spiro atoms. The van der Waals surface area contributed by atoms with E-state index in [0.717, 1.165) is 5.56 Å². The van der Waals surface area contributed by atoms with E-state index >= 15 is 0 Å². The highest BCUT2D eigenvalue weighted by atomic mass is 16.6. The van der Waals surface area contributed by atoms with Crippen molar-refractivity contribution in [2.45, 2.75) is 6.92 Å². The summed E-state index contributed by atoms with van der Waals surface area (Å²) >= 11 is 0. The van der Waals surface area contributed by atoms with E-state index in [1.54, 1.807) is 19.1 Å². The zero-order valence-corrected chi connectivity index (χ0v) is 8.48. The number of hydrogen-bond acceptors (Lipinski definition) is 3. The van der Waals surface area contributed by atoms with Gasteiger partial charge in [0.05, 0.1) is 27.6 Å². The topological polar surface area (TPSA) is 102 Å². The largest absolute Gasteiger partial charge is 0.366 e. The molecule has 1 heterocycles. The molecule has 0 aliphatic heterocycles. The first-order valence-electron chi connectivity index (χ1n) is 4.57. The van der Waals surface area contributed by atoms with Gasteiger partial charge in [-0.1, -0.05) is 6.07 Å². The third kappa shape index (κ3) is 1.31. The minimum Gasteiger partial charge on any atom is -0.366 e. The number of aromatic amines is 1. The molecule has 6 nitrogen and oxygen atoms in total. The number of carbonyl (C=O) groups is 1. The lowest BCUT2D eigenvalue weighted by atomic mass is 10.1. The van der Waals surface area contributed by atoms with Gasteiger partial charge in [-0.3, -0.25) is 14.9 Å². The number of H-pyrrole nitrogens is 1. The molecule has 0 aliphatic carbocycles. The molecule has 0 fully saturated rings. The first-order chi connectivity index (χ1) is 7.52. The number of hydrogen-bond donors (Lipinski definition) is 2. The van der Waals surface area contributed by atoms with Crippen LogP contribution in [0, 0.1) is 17.0 Å². The summed E-state index contributed by atoms with van der Waals surface area (Å²) in [5.41, 5.74) is 6.54. The van der Waals surface area contributed by atoms with Crippen molar-refractivity contribution in [2.24, 2.45) is 5.73 Å². The maximum atomic E-state index is 11.1. The van der Waals surface area contributed by atoms with Gasteiger partial charge in [0.2, 0.25) is 0 Å². The Bertz CT molecular complexity index is 601. The zero-order valence-electron chi connectivity index (χ0n) is 8.48. The Kier molecular flexibility index (Phi) is 2.12. The van der Waals surface area contributed by atoms with Gasteiger partial charge in [0.15, 0.2) is 0 Å². The summed E-state index contributed by atoms with van der Waals surface area (Å²) < 4.78 is 0. The van der Waals surface area contributed by atoms with E-state index in [0.29, 0.717) is 10.9 Å². The van der Waals surface area contributed by atoms with Crippen LogP contribution in [-0.4, -0.2) is 15.8 Å². The van der Waals surface area contributed by atoms with Gasteiger partial charge in [-0.2, -0.15) is 0 Å². The van der Waals surface area contributed by atoms with Gasteiger partial charge < -0.3 is 10.7 Å². The Morgan fingerprint density at radius 1 is 1.50 bits per heavy atom. The molecule has 2 aromatic rings. The fraction of sp³-hybridized carbons (Fsp3) is 0.100. The average Bonchev–Trinajstić information content (AvgIpc) is 2.62. The van der Waals surface area contributed by atoms with E-state index in [1.165, 1.54) is 6.20 Å². The van der Waals surface area contributed by atoms with Crippen LogP contribution in [0.2, 0.25) is 0 Å². The summed E-state index contributed by atoms with van der Waals surface area (Å²) in [6.07, 6.45) is 1.27. The number of nitrogens with two attached hydrogens (primary N) is 1. The molecule has 2 rings (SSSR count). The Morgan fingerprint density at radius 2 is 2.19 bits per heavy atom. The monoisotopic (exact) mass is 219 g/mol. The van der Waals surface area contributed by atoms with E-state index in [2.05, 4.69) is 4.98 Å². The first kappa shape index (κ1) is 10.2. The van der Waals surface area contributed by atoms with Gasteiger partial charge in [-0.25, -0.2) is 0 Å². The molecule has 0 aliphatic rings. The number of amides is 1. The maximum Gasteiger partial charge on any atom is 0.294 e. The van der Waals surface area contributed by atoms with Crippen LogP contribution in [0.4, 0.5) is 5.69 Å². The van der Waals surface area contributed by atoms with Gasteiger partial charge >= 0.3 is 0 Å². The molecule has 6 heteroatoms. The summed E-state index contributed by atoms with van der Waals surface area (Å²) in [6.45, 7) is 1.74. The minimum atomic E-state index is -0.609. The molecule has 0 unspecified atom stereocenters. The fourth-order valence-electron chi connectivity index (χ4n) is 1.75. The van der Waals surface area contributed by atoms with Gasteiger partial charge in [0.25, 0.3) is 11.6 Å². The number of carbonyl (C=O) groups excluding carboxylic acids is 1. The number of aryl methyl sites for hydroxylation is 1. The molecule has 0 bridgehead atoms. The predicted octanol–water partition coefficient (Wildman–Crippen LogP) is 1.48. The molecule has 1 aromatic carbocycles. The van der Waals surface area contributed by atoms with Crippen LogP contribution in [0.3, 0.4) is 0 Å². The third-order valence-electron chi connectivity index (χ3n) is 2.49. The van der Waals surface area contributed by atoms with Gasteiger partial charge in [0.1, 0.15) is 0 Å². The molecule has 1 amide bonds. The lowest BCUT2D eigenvalue weighted by Gasteiger charge is -2.00. The Labute approximate surface area is 90.2 Å². The Morgan fingerprint density at radius 3 is 2.75 bits per heavy atom. The highest BCUT2D eigenvalue weighted by Crippen LogP contribution is 2.30. The number of primary amides is 1. The molecule has 0 radical (unpaired) electrons. The van der Waals surface area contributed by atoms with E-state index in [1.807, 2.05) is 0 Å². The molecule has 0 saturated carbocycles. The van der Waals surface area contributed by atoms with Crippen LogP contribution in [-0.2, 0) is 0 Å². The van der Waals surface area contributed by atoms with E-state index in [4.69, 9.17) is 5.73 Å². The van der Waals surface area contributed by atoms with Crippen LogP contribution in [0.25, 0.3) is 10.9 Å². The summed E-state index contributed by atoms with van der Waals surface area (Å²) in [5, 5.41) is 11.2. The SMILES string of the molecule is Cc1ccc(C(N)=O)c2[nH]cc([N+](=O)[O-])c12. The number of nitro groups is 1. The van der Waals surface area contributed by atoms with Crippen LogP contribution in [0.5, 0.6) is 0 Å². The number of aromatic nitrogens is 1. The maximum absolute atomic E-state index is 11.1. The molecular weight excluding hydrogens is 210 g/mol. The van der Waals surface area contributed by atoms with Crippen LogP contribution in [0.15, 0.2) is 18.3 Å². The summed E-state index contributed by atoms with van der Waals surface area (Å²) in [7, 11) is 0. The number of nitrogens with zero attached hydrogens (tertiary/aromatic N) is 1. The highest BCUT2D eigenvalue weighted by Gasteiger charge is 2.19. The fourth-order valence-corrected chi connectivity index (χ4v) is 1.75. The van der Waals surface area contributed by atoms with E-state index in [9.17, 15) is 14.9 Å². The van der Waals surface area contributed by atoms with E-state index < -0.39 is 10.8 Å². The predicted molar refractivity (Wildman–Crippen MR) is 58.2 cm³/mol. The summed E-state index contributed by atoms with van der Waals surface area (Å²) in [6, 6.07) is 3.20. The third-order valence-corrected chi connectivity index (χ3v) is 2.49. The lowest BCUT2D eigenvalue weighted by molar-refractivity contribution is -0.383. The van der Waals surface area contributed by atoms with Crippen molar-refractivity contribution in [3.8, 4) is 0 Å². The molecule has 82 valence electrons. The standard InChI is InChI=1S/C10H9N3O3/c1-5-2-3-6(10(11)14)9-8(5)7(4-12-9)13(15)16/h2-4,12H,1H3,(H2,11,14). The van der Waals surface area contributed by atoms with Crippen molar-refractivity contribution in [1.82, 2.24) is 4.98 Å². The second-order valence-corrected chi connectivity index (χ2v) is 3.48. The summed E-state index contributed by atoms with van der Waals surface area (Å²) in [4.78, 5) is 24.1. The van der Waals surface area contributed by atoms with Crippen molar-refractivity contribution in [3.05, 3.63) is 39.6 Å². The minimum absolute atomic E-state index is 0.0457. The molecular formula is C10H9N3O3. The number of nitrogens with one attached hydrogen (secondary N) is 1. The average molecular weight is 219 g/mol.